The molecular formula is C24H29ClF3N3O4. The summed E-state index contributed by atoms with van der Waals surface area (Å²) in [5.74, 6) is -1.91. The normalized spacial score (nSPS) is 15.1. The SMILES string of the molecule is COc1ccc(C(NC(=O)[C@@H](N)Cc2cccc(Cl)c2)C(=O)N[C@@H](C(C)C)[C@H](O)C(F)(F)F)cc1. The summed E-state index contributed by atoms with van der Waals surface area (Å²) >= 11 is 5.96. The number of hydrogen-bond acceptors (Lipinski definition) is 5. The maximum absolute atomic E-state index is 13.2. The largest absolute Gasteiger partial charge is 0.497 e. The van der Waals surface area contributed by atoms with Crippen LogP contribution in [0.1, 0.15) is 31.0 Å². The third kappa shape index (κ3) is 8.12. The lowest BCUT2D eigenvalue weighted by molar-refractivity contribution is -0.215. The van der Waals surface area contributed by atoms with Crippen molar-refractivity contribution in [1.82, 2.24) is 10.6 Å². The number of nitrogens with two attached hydrogens (primary N) is 1. The van der Waals surface area contributed by atoms with E-state index in [4.69, 9.17) is 22.1 Å². The minimum Gasteiger partial charge on any atom is -0.497 e. The molecule has 0 aliphatic heterocycles. The van der Waals surface area contributed by atoms with Crippen molar-refractivity contribution in [2.45, 2.75) is 50.7 Å². The second-order valence-electron chi connectivity index (χ2n) is 8.42. The number of aliphatic hydroxyl groups excluding tert-OH is 1. The Labute approximate surface area is 206 Å². The minimum absolute atomic E-state index is 0.116. The number of alkyl halides is 3. The zero-order valence-electron chi connectivity index (χ0n) is 19.5. The van der Waals surface area contributed by atoms with Gasteiger partial charge in [-0.2, -0.15) is 13.2 Å². The first kappa shape index (κ1) is 28.4. The van der Waals surface area contributed by atoms with Gasteiger partial charge in [0.2, 0.25) is 11.8 Å². The molecule has 2 amide bonds. The molecule has 7 nitrogen and oxygen atoms in total. The van der Waals surface area contributed by atoms with Gasteiger partial charge in [-0.1, -0.05) is 49.7 Å². The lowest BCUT2D eigenvalue weighted by Gasteiger charge is -2.31. The highest BCUT2D eigenvalue weighted by atomic mass is 35.5. The molecule has 0 heterocycles. The molecule has 0 fully saturated rings. The first-order chi connectivity index (χ1) is 16.3. The summed E-state index contributed by atoms with van der Waals surface area (Å²) in [4.78, 5) is 26.0. The predicted octanol–water partition coefficient (Wildman–Crippen LogP) is 3.14. The summed E-state index contributed by atoms with van der Waals surface area (Å²) in [6, 6.07) is 8.75. The fourth-order valence-electron chi connectivity index (χ4n) is 3.42. The monoisotopic (exact) mass is 515 g/mol. The molecule has 2 aromatic rings. The molecule has 0 saturated heterocycles. The van der Waals surface area contributed by atoms with Crippen LogP contribution in [0.2, 0.25) is 5.02 Å². The van der Waals surface area contributed by atoms with Crippen LogP contribution in [0.15, 0.2) is 48.5 Å². The van der Waals surface area contributed by atoms with Gasteiger partial charge in [-0.3, -0.25) is 9.59 Å². The molecule has 0 saturated carbocycles. The van der Waals surface area contributed by atoms with Gasteiger partial charge in [-0.05, 0) is 47.7 Å². The van der Waals surface area contributed by atoms with Crippen molar-refractivity contribution in [1.29, 1.82) is 0 Å². The van der Waals surface area contributed by atoms with Crippen LogP contribution in [0.4, 0.5) is 13.2 Å². The Balaban J connectivity index is 2.28. The Morgan fingerprint density at radius 2 is 1.71 bits per heavy atom. The third-order valence-electron chi connectivity index (χ3n) is 5.38. The molecule has 0 radical (unpaired) electrons. The van der Waals surface area contributed by atoms with Gasteiger partial charge in [-0.25, -0.2) is 0 Å². The van der Waals surface area contributed by atoms with Crippen molar-refractivity contribution in [3.63, 3.8) is 0 Å². The van der Waals surface area contributed by atoms with E-state index in [1.807, 2.05) is 0 Å². The van der Waals surface area contributed by atoms with Crippen LogP contribution >= 0.6 is 11.6 Å². The van der Waals surface area contributed by atoms with Crippen LogP contribution in [0, 0.1) is 5.92 Å². The van der Waals surface area contributed by atoms with Crippen molar-refractivity contribution < 1.29 is 32.6 Å². The molecule has 1 unspecified atom stereocenters. The van der Waals surface area contributed by atoms with Gasteiger partial charge in [0.25, 0.3) is 0 Å². The second-order valence-corrected chi connectivity index (χ2v) is 8.86. The zero-order valence-corrected chi connectivity index (χ0v) is 20.2. The molecule has 0 aromatic heterocycles. The van der Waals surface area contributed by atoms with Crippen molar-refractivity contribution in [2.24, 2.45) is 11.7 Å². The van der Waals surface area contributed by atoms with E-state index in [9.17, 15) is 27.9 Å². The van der Waals surface area contributed by atoms with Crippen LogP contribution in [0.5, 0.6) is 5.75 Å². The average Bonchev–Trinajstić information content (AvgIpc) is 2.79. The molecule has 0 bridgehead atoms. The molecular weight excluding hydrogens is 487 g/mol. The van der Waals surface area contributed by atoms with E-state index < -0.39 is 48.1 Å². The van der Waals surface area contributed by atoms with Crippen LogP contribution < -0.4 is 21.1 Å². The lowest BCUT2D eigenvalue weighted by atomic mass is 9.96. The summed E-state index contributed by atoms with van der Waals surface area (Å²) in [7, 11) is 1.45. The Kier molecular flexibility index (Phi) is 9.93. The molecule has 2 aromatic carbocycles. The number of benzene rings is 2. The molecule has 35 heavy (non-hydrogen) atoms. The van der Waals surface area contributed by atoms with Gasteiger partial charge in [0.05, 0.1) is 19.2 Å². The van der Waals surface area contributed by atoms with Crippen LogP contribution in [-0.4, -0.2) is 48.4 Å². The van der Waals surface area contributed by atoms with E-state index in [1.165, 1.54) is 45.2 Å². The molecule has 4 atom stereocenters. The summed E-state index contributed by atoms with van der Waals surface area (Å²) in [5.41, 5.74) is 7.01. The lowest BCUT2D eigenvalue weighted by Crippen LogP contribution is -2.56. The van der Waals surface area contributed by atoms with Gasteiger partial charge in [0.1, 0.15) is 11.8 Å². The molecule has 2 rings (SSSR count). The smallest absolute Gasteiger partial charge is 0.416 e. The highest BCUT2D eigenvalue weighted by molar-refractivity contribution is 6.30. The molecule has 0 aliphatic rings. The van der Waals surface area contributed by atoms with Gasteiger partial charge in [0, 0.05) is 5.02 Å². The fraction of sp³-hybridized carbons (Fsp3) is 0.417. The maximum Gasteiger partial charge on any atom is 0.416 e. The van der Waals surface area contributed by atoms with Crippen molar-refractivity contribution >= 4 is 23.4 Å². The summed E-state index contributed by atoms with van der Waals surface area (Å²) in [6.07, 6.45) is -7.62. The molecule has 5 N–H and O–H groups in total. The maximum atomic E-state index is 13.2. The number of aliphatic hydroxyl groups is 1. The van der Waals surface area contributed by atoms with Gasteiger partial charge < -0.3 is 26.2 Å². The van der Waals surface area contributed by atoms with Crippen LogP contribution in [0.25, 0.3) is 0 Å². The van der Waals surface area contributed by atoms with Crippen molar-refractivity contribution in [3.8, 4) is 5.75 Å². The number of hydrogen-bond donors (Lipinski definition) is 4. The van der Waals surface area contributed by atoms with Crippen molar-refractivity contribution in [2.75, 3.05) is 7.11 Å². The Hall–Kier alpha value is -2.82. The first-order valence-corrected chi connectivity index (χ1v) is 11.2. The Bertz CT molecular complexity index is 1000. The third-order valence-corrected chi connectivity index (χ3v) is 5.62. The predicted molar refractivity (Wildman–Crippen MR) is 126 cm³/mol. The molecule has 0 aliphatic carbocycles. The van der Waals surface area contributed by atoms with Gasteiger partial charge in [0.15, 0.2) is 6.10 Å². The molecule has 192 valence electrons. The fourth-order valence-corrected chi connectivity index (χ4v) is 3.63. The molecule has 11 heteroatoms. The molecule has 0 spiro atoms. The number of methoxy groups -OCH3 is 1. The first-order valence-electron chi connectivity index (χ1n) is 10.8. The number of nitrogens with one attached hydrogen (secondary N) is 2. The van der Waals surface area contributed by atoms with Crippen molar-refractivity contribution in [3.05, 3.63) is 64.7 Å². The Morgan fingerprint density at radius 1 is 1.09 bits per heavy atom. The summed E-state index contributed by atoms with van der Waals surface area (Å²) < 4.78 is 44.6. The number of rotatable bonds is 10. The van der Waals surface area contributed by atoms with E-state index in [1.54, 1.807) is 24.3 Å². The van der Waals surface area contributed by atoms with E-state index in [0.717, 1.165) is 0 Å². The quantitative estimate of drug-likeness (QED) is 0.388. The van der Waals surface area contributed by atoms with Crippen LogP contribution in [-0.2, 0) is 16.0 Å². The van der Waals surface area contributed by atoms with Gasteiger partial charge >= 0.3 is 6.18 Å². The number of halogens is 4. The highest BCUT2D eigenvalue weighted by Gasteiger charge is 2.45. The van der Waals surface area contributed by atoms with Crippen LogP contribution in [0.3, 0.4) is 0 Å². The topological polar surface area (TPSA) is 114 Å². The average molecular weight is 516 g/mol. The summed E-state index contributed by atoms with van der Waals surface area (Å²) in [5, 5.41) is 15.0. The van der Waals surface area contributed by atoms with E-state index in [0.29, 0.717) is 16.3 Å². The standard InChI is InChI=1S/C24H29ClF3N3O4/c1-13(2)19(21(32)24(26,27)28)30-23(34)20(15-7-9-17(35-3)10-8-15)31-22(33)18(29)12-14-5-4-6-16(25)11-14/h4-11,13,18-21,32H,12,29H2,1-3H3,(H,30,34)(H,31,33)/t18-,19-,20?,21-/m0/s1. The number of carbonyl (C=O) groups excluding carboxylic acids is 2. The number of amides is 2. The zero-order chi connectivity index (χ0) is 26.3. The highest BCUT2D eigenvalue weighted by Crippen LogP contribution is 2.26. The van der Waals surface area contributed by atoms with E-state index in [-0.39, 0.29) is 12.0 Å². The Morgan fingerprint density at radius 3 is 2.23 bits per heavy atom. The number of carbonyl (C=O) groups is 2. The van der Waals surface area contributed by atoms with Gasteiger partial charge in [-0.15, -0.1) is 0 Å². The van der Waals surface area contributed by atoms with E-state index >= 15 is 0 Å². The van der Waals surface area contributed by atoms with E-state index in [2.05, 4.69) is 10.6 Å². The number of ether oxygens (including phenoxy) is 1. The summed E-state index contributed by atoms with van der Waals surface area (Å²) in [6.45, 7) is 2.86. The minimum atomic E-state index is -4.94. The second kappa shape index (κ2) is 12.2.